The molecule has 2 nitrogen and oxygen atoms in total. The van der Waals surface area contributed by atoms with Crippen molar-refractivity contribution in [2.75, 3.05) is 13.1 Å². The van der Waals surface area contributed by atoms with E-state index in [4.69, 9.17) is 0 Å². The molecule has 0 radical (unpaired) electrons. The van der Waals surface area contributed by atoms with Gasteiger partial charge in [-0.05, 0) is 42.9 Å². The van der Waals surface area contributed by atoms with Gasteiger partial charge in [-0.15, -0.1) is 0 Å². The SMILES string of the molecule is OC1CC(c2ccc(C(F)(F)F)cc2)N(CC2CC2)C1. The summed E-state index contributed by atoms with van der Waals surface area (Å²) >= 11 is 0. The molecular formula is C15H18F3NO. The third-order valence-electron chi connectivity index (χ3n) is 4.19. The highest BCUT2D eigenvalue weighted by atomic mass is 19.4. The van der Waals surface area contributed by atoms with Crippen molar-refractivity contribution < 1.29 is 18.3 Å². The highest BCUT2D eigenvalue weighted by Gasteiger charge is 2.36. The lowest BCUT2D eigenvalue weighted by Crippen LogP contribution is -2.27. The van der Waals surface area contributed by atoms with Crippen molar-refractivity contribution in [2.24, 2.45) is 5.92 Å². The summed E-state index contributed by atoms with van der Waals surface area (Å²) < 4.78 is 37.7. The standard InChI is InChI=1S/C15H18F3NO/c16-15(17,18)12-5-3-11(4-6-12)14-7-13(20)9-19(14)8-10-1-2-10/h3-6,10,13-14,20H,1-2,7-9H2. The summed E-state index contributed by atoms with van der Waals surface area (Å²) in [5, 5.41) is 9.83. The zero-order chi connectivity index (χ0) is 14.3. The number of hydrogen-bond acceptors (Lipinski definition) is 2. The molecule has 2 aliphatic rings. The molecule has 0 aromatic heterocycles. The van der Waals surface area contributed by atoms with Crippen molar-refractivity contribution in [1.29, 1.82) is 0 Å². The average Bonchev–Trinajstić information content (AvgIpc) is 3.11. The lowest BCUT2D eigenvalue weighted by molar-refractivity contribution is -0.137. The molecule has 2 unspecified atom stereocenters. The smallest absolute Gasteiger partial charge is 0.392 e. The first-order valence-corrected chi connectivity index (χ1v) is 7.03. The maximum absolute atomic E-state index is 12.6. The number of halogens is 3. The molecule has 3 rings (SSSR count). The van der Waals surface area contributed by atoms with Crippen LogP contribution in [0.2, 0.25) is 0 Å². The van der Waals surface area contributed by atoms with Gasteiger partial charge in [0.25, 0.3) is 0 Å². The summed E-state index contributed by atoms with van der Waals surface area (Å²) in [4.78, 5) is 2.21. The van der Waals surface area contributed by atoms with Crippen LogP contribution in [-0.4, -0.2) is 29.2 Å². The number of hydrogen-bond donors (Lipinski definition) is 1. The molecule has 1 heterocycles. The maximum atomic E-state index is 12.6. The molecule has 5 heteroatoms. The van der Waals surface area contributed by atoms with E-state index in [2.05, 4.69) is 4.90 Å². The van der Waals surface area contributed by atoms with Crippen molar-refractivity contribution in [2.45, 2.75) is 37.6 Å². The van der Waals surface area contributed by atoms with E-state index in [9.17, 15) is 18.3 Å². The average molecular weight is 285 g/mol. The topological polar surface area (TPSA) is 23.5 Å². The molecule has 1 saturated carbocycles. The van der Waals surface area contributed by atoms with E-state index in [1.165, 1.54) is 12.8 Å². The summed E-state index contributed by atoms with van der Waals surface area (Å²) in [6.45, 7) is 1.57. The van der Waals surface area contributed by atoms with Crippen LogP contribution in [0.3, 0.4) is 0 Å². The van der Waals surface area contributed by atoms with Crippen molar-refractivity contribution in [3.8, 4) is 0 Å². The van der Waals surface area contributed by atoms with E-state index in [-0.39, 0.29) is 12.1 Å². The minimum absolute atomic E-state index is 0.0490. The van der Waals surface area contributed by atoms with Crippen molar-refractivity contribution in [3.63, 3.8) is 0 Å². The number of aliphatic hydroxyl groups is 1. The van der Waals surface area contributed by atoms with Crippen LogP contribution in [0, 0.1) is 5.92 Å². The number of benzene rings is 1. The fourth-order valence-corrected chi connectivity index (χ4v) is 2.95. The van der Waals surface area contributed by atoms with Crippen LogP contribution >= 0.6 is 0 Å². The Hall–Kier alpha value is -1.07. The highest BCUT2D eigenvalue weighted by molar-refractivity contribution is 5.27. The van der Waals surface area contributed by atoms with E-state index in [1.807, 2.05) is 0 Å². The second-order valence-electron chi connectivity index (χ2n) is 5.92. The molecule has 1 aliphatic heterocycles. The van der Waals surface area contributed by atoms with E-state index in [1.54, 1.807) is 12.1 Å². The number of nitrogens with zero attached hydrogens (tertiary/aromatic N) is 1. The molecule has 0 bridgehead atoms. The molecule has 1 aromatic rings. The largest absolute Gasteiger partial charge is 0.416 e. The van der Waals surface area contributed by atoms with Crippen LogP contribution in [0.4, 0.5) is 13.2 Å². The van der Waals surface area contributed by atoms with E-state index < -0.39 is 11.7 Å². The van der Waals surface area contributed by atoms with Gasteiger partial charge in [0.1, 0.15) is 0 Å². The number of rotatable bonds is 3. The summed E-state index contributed by atoms with van der Waals surface area (Å²) in [7, 11) is 0. The zero-order valence-electron chi connectivity index (χ0n) is 11.1. The first kappa shape index (κ1) is 13.9. The molecule has 1 aromatic carbocycles. The van der Waals surface area contributed by atoms with Gasteiger partial charge < -0.3 is 5.11 Å². The summed E-state index contributed by atoms with van der Waals surface area (Å²) in [6, 6.07) is 5.41. The number of likely N-dealkylation sites (tertiary alicyclic amines) is 1. The van der Waals surface area contributed by atoms with Crippen LogP contribution in [0.5, 0.6) is 0 Å². The van der Waals surface area contributed by atoms with Crippen LogP contribution in [0.15, 0.2) is 24.3 Å². The quantitative estimate of drug-likeness (QED) is 0.921. The van der Waals surface area contributed by atoms with Crippen LogP contribution in [0.1, 0.15) is 36.4 Å². The van der Waals surface area contributed by atoms with Crippen LogP contribution in [-0.2, 0) is 6.18 Å². The molecule has 2 fully saturated rings. The summed E-state index contributed by atoms with van der Waals surface area (Å²) in [5.41, 5.74) is 0.253. The lowest BCUT2D eigenvalue weighted by Gasteiger charge is -2.24. The molecule has 0 spiro atoms. The third kappa shape index (κ3) is 2.99. The van der Waals surface area contributed by atoms with E-state index >= 15 is 0 Å². The minimum atomic E-state index is -4.29. The van der Waals surface area contributed by atoms with Crippen molar-refractivity contribution in [1.82, 2.24) is 4.90 Å². The number of aliphatic hydroxyl groups excluding tert-OH is 1. The Morgan fingerprint density at radius 1 is 1.15 bits per heavy atom. The Labute approximate surface area is 116 Å². The highest BCUT2D eigenvalue weighted by Crippen LogP contribution is 2.38. The third-order valence-corrected chi connectivity index (χ3v) is 4.19. The van der Waals surface area contributed by atoms with Gasteiger partial charge in [-0.25, -0.2) is 0 Å². The summed E-state index contributed by atoms with van der Waals surface area (Å²) in [5.74, 6) is 0.706. The Morgan fingerprint density at radius 3 is 2.35 bits per heavy atom. The van der Waals surface area contributed by atoms with Gasteiger partial charge in [-0.1, -0.05) is 12.1 Å². The number of alkyl halides is 3. The number of β-amino-alcohol motifs (C(OH)–C–C–N with tert-alkyl or cyclic N) is 1. The van der Waals surface area contributed by atoms with Crippen molar-refractivity contribution in [3.05, 3.63) is 35.4 Å². The monoisotopic (exact) mass is 285 g/mol. The van der Waals surface area contributed by atoms with Gasteiger partial charge in [-0.3, -0.25) is 4.90 Å². The van der Waals surface area contributed by atoms with Gasteiger partial charge in [0, 0.05) is 19.1 Å². The second kappa shape index (κ2) is 5.04. The predicted molar refractivity (Wildman–Crippen MR) is 69.1 cm³/mol. The normalized spacial score (nSPS) is 28.0. The second-order valence-corrected chi connectivity index (χ2v) is 5.92. The van der Waals surface area contributed by atoms with Crippen LogP contribution in [0.25, 0.3) is 0 Å². The molecule has 0 amide bonds. The van der Waals surface area contributed by atoms with Gasteiger partial charge in [0.05, 0.1) is 11.7 Å². The van der Waals surface area contributed by atoms with Gasteiger partial charge in [-0.2, -0.15) is 13.2 Å². The minimum Gasteiger partial charge on any atom is -0.392 e. The Morgan fingerprint density at radius 2 is 1.80 bits per heavy atom. The molecule has 20 heavy (non-hydrogen) atoms. The Bertz CT molecular complexity index is 467. The molecular weight excluding hydrogens is 267 g/mol. The van der Waals surface area contributed by atoms with Crippen LogP contribution < -0.4 is 0 Å². The Balaban J connectivity index is 1.76. The first-order chi connectivity index (χ1) is 9.43. The molecule has 110 valence electrons. The zero-order valence-corrected chi connectivity index (χ0v) is 11.1. The predicted octanol–water partition coefficient (Wildman–Crippen LogP) is 3.22. The van der Waals surface area contributed by atoms with E-state index in [0.29, 0.717) is 18.9 Å². The van der Waals surface area contributed by atoms with Gasteiger partial charge >= 0.3 is 6.18 Å². The van der Waals surface area contributed by atoms with E-state index in [0.717, 1.165) is 24.2 Å². The maximum Gasteiger partial charge on any atom is 0.416 e. The summed E-state index contributed by atoms with van der Waals surface area (Å²) in [6.07, 6.45) is -1.60. The molecule has 2 atom stereocenters. The first-order valence-electron chi connectivity index (χ1n) is 7.03. The van der Waals surface area contributed by atoms with Gasteiger partial charge in [0.2, 0.25) is 0 Å². The molecule has 1 saturated heterocycles. The van der Waals surface area contributed by atoms with Crippen molar-refractivity contribution >= 4 is 0 Å². The fraction of sp³-hybridized carbons (Fsp3) is 0.600. The molecule has 1 N–H and O–H groups in total. The van der Waals surface area contributed by atoms with Gasteiger partial charge in [0.15, 0.2) is 0 Å². The lowest BCUT2D eigenvalue weighted by atomic mass is 10.0. The Kier molecular flexibility index (Phi) is 3.50. The fourth-order valence-electron chi connectivity index (χ4n) is 2.95. The molecule has 1 aliphatic carbocycles.